The molecule has 0 amide bonds. The summed E-state index contributed by atoms with van der Waals surface area (Å²) in [6.07, 6.45) is 5.40. The molecule has 0 bridgehead atoms. The Morgan fingerprint density at radius 3 is 2.50 bits per heavy atom. The zero-order valence-electron chi connectivity index (χ0n) is 10.3. The Kier molecular flexibility index (Phi) is 3.04. The highest BCUT2D eigenvalue weighted by Crippen LogP contribution is 2.44. The number of hydrogen-bond donors (Lipinski definition) is 1. The minimum absolute atomic E-state index is 0.184. The number of benzene rings is 1. The van der Waals surface area contributed by atoms with E-state index < -0.39 is 0 Å². The lowest BCUT2D eigenvalue weighted by Gasteiger charge is -2.17. The summed E-state index contributed by atoms with van der Waals surface area (Å²) in [5.74, 6) is 1.72. The van der Waals surface area contributed by atoms with E-state index in [1.165, 1.54) is 25.7 Å². The van der Waals surface area contributed by atoms with Gasteiger partial charge in [-0.3, -0.25) is 10.1 Å². The fourth-order valence-electron chi connectivity index (χ4n) is 2.64. The third-order valence-corrected chi connectivity index (χ3v) is 3.92. The van der Waals surface area contributed by atoms with Crippen LogP contribution in [0.15, 0.2) is 24.3 Å². The summed E-state index contributed by atoms with van der Waals surface area (Å²) >= 11 is 0. The topological polar surface area (TPSA) is 55.2 Å². The standard InChI is InChI=1S/C14H18N2O2/c17-16(18)13-3-1-2-10(8-13)9-15-14(11-4-5-11)12-6-7-12/h1-3,8,11-12,14-15H,4-7,9H2. The molecule has 4 heteroatoms. The van der Waals surface area contributed by atoms with Crippen LogP contribution in [-0.2, 0) is 6.54 Å². The highest BCUT2D eigenvalue weighted by atomic mass is 16.6. The number of nitrogens with zero attached hydrogens (tertiary/aromatic N) is 1. The number of hydrogen-bond acceptors (Lipinski definition) is 3. The maximum atomic E-state index is 10.7. The normalized spacial score (nSPS) is 19.2. The minimum Gasteiger partial charge on any atom is -0.309 e. The number of nitro groups is 1. The molecule has 0 aromatic heterocycles. The van der Waals surface area contributed by atoms with Gasteiger partial charge >= 0.3 is 0 Å². The summed E-state index contributed by atoms with van der Waals surface area (Å²) in [7, 11) is 0. The van der Waals surface area contributed by atoms with Crippen LogP contribution in [0.4, 0.5) is 5.69 Å². The van der Waals surface area contributed by atoms with E-state index in [0.717, 1.165) is 23.9 Å². The van der Waals surface area contributed by atoms with E-state index in [2.05, 4.69) is 5.32 Å². The van der Waals surface area contributed by atoms with Crippen LogP contribution < -0.4 is 5.32 Å². The van der Waals surface area contributed by atoms with Gasteiger partial charge in [0.15, 0.2) is 0 Å². The molecule has 0 heterocycles. The molecule has 0 spiro atoms. The number of rotatable bonds is 6. The Hall–Kier alpha value is -1.42. The van der Waals surface area contributed by atoms with Gasteiger partial charge in [0.05, 0.1) is 4.92 Å². The Bertz CT molecular complexity index is 441. The molecule has 3 rings (SSSR count). The van der Waals surface area contributed by atoms with Crippen LogP contribution in [0.3, 0.4) is 0 Å². The van der Waals surface area contributed by atoms with Crippen molar-refractivity contribution in [2.75, 3.05) is 0 Å². The van der Waals surface area contributed by atoms with Gasteiger partial charge in [-0.1, -0.05) is 12.1 Å². The molecule has 2 fully saturated rings. The monoisotopic (exact) mass is 246 g/mol. The van der Waals surface area contributed by atoms with Crippen molar-refractivity contribution in [3.8, 4) is 0 Å². The third-order valence-electron chi connectivity index (χ3n) is 3.92. The number of non-ortho nitro benzene ring substituents is 1. The SMILES string of the molecule is O=[N+]([O-])c1cccc(CNC(C2CC2)C2CC2)c1. The fraction of sp³-hybridized carbons (Fsp3) is 0.571. The Labute approximate surface area is 107 Å². The second-order valence-electron chi connectivity index (χ2n) is 5.51. The van der Waals surface area contributed by atoms with Crippen molar-refractivity contribution < 1.29 is 4.92 Å². The lowest BCUT2D eigenvalue weighted by Crippen LogP contribution is -2.32. The molecule has 1 N–H and O–H groups in total. The predicted molar refractivity (Wildman–Crippen MR) is 69.2 cm³/mol. The molecule has 1 aromatic carbocycles. The van der Waals surface area contributed by atoms with Gasteiger partial charge in [-0.15, -0.1) is 0 Å². The molecule has 2 aliphatic carbocycles. The first-order valence-electron chi connectivity index (χ1n) is 6.71. The zero-order chi connectivity index (χ0) is 12.5. The van der Waals surface area contributed by atoms with Crippen LogP contribution in [0.5, 0.6) is 0 Å². The first kappa shape index (κ1) is 11.7. The molecule has 2 saturated carbocycles. The van der Waals surface area contributed by atoms with Crippen molar-refractivity contribution >= 4 is 5.69 Å². The predicted octanol–water partition coefficient (Wildman–Crippen LogP) is 2.87. The van der Waals surface area contributed by atoms with Gasteiger partial charge in [0.1, 0.15) is 0 Å². The van der Waals surface area contributed by atoms with E-state index in [0.29, 0.717) is 6.04 Å². The molecule has 18 heavy (non-hydrogen) atoms. The van der Waals surface area contributed by atoms with Crippen LogP contribution in [-0.4, -0.2) is 11.0 Å². The van der Waals surface area contributed by atoms with Gasteiger partial charge in [0.2, 0.25) is 0 Å². The lowest BCUT2D eigenvalue weighted by molar-refractivity contribution is -0.384. The maximum absolute atomic E-state index is 10.7. The van der Waals surface area contributed by atoms with Gasteiger partial charge in [-0.05, 0) is 43.1 Å². The first-order valence-corrected chi connectivity index (χ1v) is 6.71. The number of nitrogens with one attached hydrogen (secondary N) is 1. The van der Waals surface area contributed by atoms with Crippen LogP contribution in [0.25, 0.3) is 0 Å². The molecular weight excluding hydrogens is 228 g/mol. The van der Waals surface area contributed by atoms with Crippen LogP contribution >= 0.6 is 0 Å². The van der Waals surface area contributed by atoms with Gasteiger partial charge in [-0.25, -0.2) is 0 Å². The summed E-state index contributed by atoms with van der Waals surface area (Å²) in [5.41, 5.74) is 1.19. The minimum atomic E-state index is -0.331. The maximum Gasteiger partial charge on any atom is 0.269 e. The molecule has 96 valence electrons. The fourth-order valence-corrected chi connectivity index (χ4v) is 2.64. The summed E-state index contributed by atoms with van der Waals surface area (Å²) in [6.45, 7) is 0.749. The smallest absolute Gasteiger partial charge is 0.269 e. The van der Waals surface area contributed by atoms with Gasteiger partial charge in [-0.2, -0.15) is 0 Å². The van der Waals surface area contributed by atoms with E-state index in [9.17, 15) is 10.1 Å². The van der Waals surface area contributed by atoms with Gasteiger partial charge < -0.3 is 5.32 Å². The molecule has 0 atom stereocenters. The lowest BCUT2D eigenvalue weighted by atomic mass is 10.1. The van der Waals surface area contributed by atoms with Gasteiger partial charge in [0.25, 0.3) is 5.69 Å². The Morgan fingerprint density at radius 1 is 1.28 bits per heavy atom. The molecule has 2 aliphatic rings. The van der Waals surface area contributed by atoms with Crippen molar-refractivity contribution in [3.63, 3.8) is 0 Å². The highest BCUT2D eigenvalue weighted by molar-refractivity contribution is 5.34. The highest BCUT2D eigenvalue weighted by Gasteiger charge is 2.40. The largest absolute Gasteiger partial charge is 0.309 e. The quantitative estimate of drug-likeness (QED) is 0.620. The number of nitro benzene ring substituents is 1. The summed E-state index contributed by atoms with van der Waals surface area (Å²) < 4.78 is 0. The van der Waals surface area contributed by atoms with Crippen molar-refractivity contribution in [1.82, 2.24) is 5.32 Å². The molecule has 0 unspecified atom stereocenters. The molecule has 0 radical (unpaired) electrons. The van der Waals surface area contributed by atoms with Crippen LogP contribution in [0.2, 0.25) is 0 Å². The van der Waals surface area contributed by atoms with Crippen molar-refractivity contribution in [1.29, 1.82) is 0 Å². The zero-order valence-corrected chi connectivity index (χ0v) is 10.3. The second kappa shape index (κ2) is 4.69. The molecule has 1 aromatic rings. The van der Waals surface area contributed by atoms with E-state index in [1.54, 1.807) is 18.2 Å². The molecule has 0 saturated heterocycles. The van der Waals surface area contributed by atoms with Gasteiger partial charge in [0, 0.05) is 24.7 Å². The second-order valence-corrected chi connectivity index (χ2v) is 5.51. The Morgan fingerprint density at radius 2 is 1.94 bits per heavy atom. The molecular formula is C14H18N2O2. The van der Waals surface area contributed by atoms with Crippen LogP contribution in [0, 0.1) is 22.0 Å². The molecule has 4 nitrogen and oxygen atoms in total. The Balaban J connectivity index is 1.61. The van der Waals surface area contributed by atoms with E-state index >= 15 is 0 Å². The van der Waals surface area contributed by atoms with E-state index in [1.807, 2.05) is 6.07 Å². The molecule has 0 aliphatic heterocycles. The van der Waals surface area contributed by atoms with E-state index in [4.69, 9.17) is 0 Å². The average molecular weight is 246 g/mol. The van der Waals surface area contributed by atoms with E-state index in [-0.39, 0.29) is 10.6 Å². The average Bonchev–Trinajstić information content (AvgIpc) is 3.23. The van der Waals surface area contributed by atoms with Crippen molar-refractivity contribution in [2.45, 2.75) is 38.3 Å². The summed E-state index contributed by atoms with van der Waals surface area (Å²) in [6, 6.07) is 7.58. The van der Waals surface area contributed by atoms with Crippen molar-refractivity contribution in [2.24, 2.45) is 11.8 Å². The van der Waals surface area contributed by atoms with Crippen molar-refractivity contribution in [3.05, 3.63) is 39.9 Å². The first-order chi connectivity index (χ1) is 8.74. The van der Waals surface area contributed by atoms with Crippen LogP contribution in [0.1, 0.15) is 31.2 Å². The third kappa shape index (κ3) is 2.70. The summed E-state index contributed by atoms with van der Waals surface area (Å²) in [5, 5.41) is 14.3. The summed E-state index contributed by atoms with van der Waals surface area (Å²) in [4.78, 5) is 10.4.